The minimum Gasteiger partial charge on any atom is -0.477 e. The molecule has 30 heavy (non-hydrogen) atoms. The Morgan fingerprint density at radius 2 is 1.87 bits per heavy atom. The van der Waals surface area contributed by atoms with Gasteiger partial charge in [-0.1, -0.05) is 24.3 Å². The standard InChI is InChI=1S/C19H14N4O7/c24-19(12-29-18-7-2-1-6-16(18)23(27)28)21-20-11-15-8-9-17(30-15)13-4-3-5-14(10-13)22(25)26/h1-11H,12H2,(H,21,24). The predicted molar refractivity (Wildman–Crippen MR) is 105 cm³/mol. The third-order valence-electron chi connectivity index (χ3n) is 3.77. The molecule has 0 aliphatic heterocycles. The highest BCUT2D eigenvalue weighted by Crippen LogP contribution is 2.26. The van der Waals surface area contributed by atoms with Crippen molar-refractivity contribution in [1.29, 1.82) is 0 Å². The van der Waals surface area contributed by atoms with Crippen molar-refractivity contribution in [3.8, 4) is 17.1 Å². The summed E-state index contributed by atoms with van der Waals surface area (Å²) in [5.74, 6) is 0.0340. The number of furan rings is 1. The summed E-state index contributed by atoms with van der Waals surface area (Å²) in [6.07, 6.45) is 1.24. The van der Waals surface area contributed by atoms with Gasteiger partial charge in [-0.3, -0.25) is 25.0 Å². The normalized spacial score (nSPS) is 10.7. The lowest BCUT2D eigenvalue weighted by molar-refractivity contribution is -0.385. The Kier molecular flexibility index (Phi) is 6.13. The fourth-order valence-corrected chi connectivity index (χ4v) is 2.42. The molecule has 0 saturated heterocycles. The number of non-ortho nitro benzene ring substituents is 1. The van der Waals surface area contributed by atoms with Crippen molar-refractivity contribution in [2.75, 3.05) is 6.61 Å². The average Bonchev–Trinajstić information content (AvgIpc) is 3.21. The minimum absolute atomic E-state index is 0.0331. The molecule has 1 heterocycles. The van der Waals surface area contributed by atoms with Gasteiger partial charge >= 0.3 is 5.69 Å². The Hall–Kier alpha value is -4.54. The van der Waals surface area contributed by atoms with Crippen LogP contribution in [-0.4, -0.2) is 28.6 Å². The first kappa shape index (κ1) is 20.2. The SMILES string of the molecule is O=C(COc1ccccc1[N+](=O)[O-])NN=Cc1ccc(-c2cccc([N+](=O)[O-])c2)o1. The second kappa shape index (κ2) is 9.10. The van der Waals surface area contributed by atoms with E-state index in [0.29, 0.717) is 17.1 Å². The number of nitro groups is 2. The van der Waals surface area contributed by atoms with Crippen LogP contribution in [0.25, 0.3) is 11.3 Å². The number of rotatable bonds is 8. The van der Waals surface area contributed by atoms with E-state index < -0.39 is 22.4 Å². The summed E-state index contributed by atoms with van der Waals surface area (Å²) in [7, 11) is 0. The topological polar surface area (TPSA) is 150 Å². The van der Waals surface area contributed by atoms with Gasteiger partial charge < -0.3 is 9.15 Å². The first-order valence-electron chi connectivity index (χ1n) is 8.47. The van der Waals surface area contributed by atoms with Crippen molar-refractivity contribution in [1.82, 2.24) is 5.43 Å². The summed E-state index contributed by atoms with van der Waals surface area (Å²) in [5.41, 5.74) is 2.41. The lowest BCUT2D eigenvalue weighted by atomic mass is 10.1. The molecule has 0 fully saturated rings. The number of nitrogens with zero attached hydrogens (tertiary/aromatic N) is 3. The van der Waals surface area contributed by atoms with E-state index in [2.05, 4.69) is 10.5 Å². The number of carbonyl (C=O) groups is 1. The van der Waals surface area contributed by atoms with Crippen LogP contribution in [0.2, 0.25) is 0 Å². The van der Waals surface area contributed by atoms with Crippen LogP contribution in [0.4, 0.5) is 11.4 Å². The molecule has 152 valence electrons. The number of amides is 1. The number of carbonyl (C=O) groups excluding carboxylic acids is 1. The average molecular weight is 410 g/mol. The maximum atomic E-state index is 11.8. The zero-order valence-corrected chi connectivity index (χ0v) is 15.3. The number of hydrogen-bond donors (Lipinski definition) is 1. The Morgan fingerprint density at radius 3 is 2.63 bits per heavy atom. The molecule has 0 bridgehead atoms. The van der Waals surface area contributed by atoms with Crippen LogP contribution in [0.3, 0.4) is 0 Å². The number of benzene rings is 2. The van der Waals surface area contributed by atoms with E-state index in [1.807, 2.05) is 0 Å². The number of ether oxygens (including phenoxy) is 1. The highest BCUT2D eigenvalue weighted by molar-refractivity contribution is 5.81. The van der Waals surface area contributed by atoms with Crippen molar-refractivity contribution >= 4 is 23.5 Å². The van der Waals surface area contributed by atoms with Gasteiger partial charge in [0.2, 0.25) is 0 Å². The van der Waals surface area contributed by atoms with Crippen LogP contribution in [0.1, 0.15) is 5.76 Å². The molecular weight excluding hydrogens is 396 g/mol. The molecule has 0 radical (unpaired) electrons. The smallest absolute Gasteiger partial charge is 0.310 e. The molecule has 3 rings (SSSR count). The quantitative estimate of drug-likeness (QED) is 0.340. The van der Waals surface area contributed by atoms with Crippen LogP contribution in [0.5, 0.6) is 5.75 Å². The maximum absolute atomic E-state index is 11.8. The molecule has 3 aromatic rings. The van der Waals surface area contributed by atoms with Crippen LogP contribution in [-0.2, 0) is 4.79 Å². The van der Waals surface area contributed by atoms with Gasteiger partial charge in [-0.15, -0.1) is 0 Å². The van der Waals surface area contributed by atoms with Crippen LogP contribution in [0.15, 0.2) is 70.2 Å². The van der Waals surface area contributed by atoms with Gasteiger partial charge in [-0.25, -0.2) is 5.43 Å². The lowest BCUT2D eigenvalue weighted by Gasteiger charge is -2.05. The maximum Gasteiger partial charge on any atom is 0.310 e. The van der Waals surface area contributed by atoms with Gasteiger partial charge in [-0.05, 0) is 18.2 Å². The number of para-hydroxylation sites is 2. The third-order valence-corrected chi connectivity index (χ3v) is 3.77. The predicted octanol–water partition coefficient (Wildman–Crippen LogP) is 3.29. The van der Waals surface area contributed by atoms with Crippen molar-refractivity contribution < 1.29 is 23.8 Å². The molecule has 1 N–H and O–H groups in total. The third kappa shape index (κ3) is 5.04. The molecule has 0 saturated carbocycles. The van der Waals surface area contributed by atoms with Gasteiger partial charge in [0.05, 0.1) is 16.1 Å². The zero-order chi connectivity index (χ0) is 21.5. The summed E-state index contributed by atoms with van der Waals surface area (Å²) < 4.78 is 10.7. The molecule has 2 aromatic carbocycles. The first-order valence-corrected chi connectivity index (χ1v) is 8.47. The molecule has 11 heteroatoms. The van der Waals surface area contributed by atoms with Crippen LogP contribution in [0, 0.1) is 20.2 Å². The van der Waals surface area contributed by atoms with E-state index in [1.165, 1.54) is 36.5 Å². The monoisotopic (exact) mass is 410 g/mol. The summed E-state index contributed by atoms with van der Waals surface area (Å²) in [4.78, 5) is 32.5. The summed E-state index contributed by atoms with van der Waals surface area (Å²) in [6.45, 7) is -0.473. The van der Waals surface area contributed by atoms with Gasteiger partial charge in [0.25, 0.3) is 11.6 Å². The Labute approximate surface area is 168 Å². The number of nitro benzene ring substituents is 2. The number of hydrogen-bond acceptors (Lipinski definition) is 8. The molecule has 0 aliphatic rings. The second-order valence-electron chi connectivity index (χ2n) is 5.82. The second-order valence-corrected chi connectivity index (χ2v) is 5.82. The summed E-state index contributed by atoms with van der Waals surface area (Å²) in [6, 6.07) is 14.8. The molecule has 1 amide bonds. The number of nitrogens with one attached hydrogen (secondary N) is 1. The van der Waals surface area contributed by atoms with Crippen LogP contribution >= 0.6 is 0 Å². The van der Waals surface area contributed by atoms with E-state index in [-0.39, 0.29) is 17.1 Å². The van der Waals surface area contributed by atoms with Gasteiger partial charge in [0.15, 0.2) is 12.4 Å². The fraction of sp³-hybridized carbons (Fsp3) is 0.0526. The molecular formula is C19H14N4O7. The lowest BCUT2D eigenvalue weighted by Crippen LogP contribution is -2.24. The van der Waals surface area contributed by atoms with Crippen molar-refractivity contribution in [2.24, 2.45) is 5.10 Å². The van der Waals surface area contributed by atoms with Crippen molar-refractivity contribution in [2.45, 2.75) is 0 Å². The van der Waals surface area contributed by atoms with Gasteiger partial charge in [-0.2, -0.15) is 5.10 Å². The number of hydrazone groups is 1. The fourth-order valence-electron chi connectivity index (χ4n) is 2.42. The molecule has 0 aliphatic carbocycles. The van der Waals surface area contributed by atoms with Gasteiger partial charge in [0, 0.05) is 23.8 Å². The highest BCUT2D eigenvalue weighted by atomic mass is 16.6. The molecule has 0 unspecified atom stereocenters. The first-order chi connectivity index (χ1) is 14.4. The minimum atomic E-state index is -0.630. The van der Waals surface area contributed by atoms with E-state index in [1.54, 1.807) is 30.3 Å². The largest absolute Gasteiger partial charge is 0.477 e. The Balaban J connectivity index is 1.56. The van der Waals surface area contributed by atoms with E-state index >= 15 is 0 Å². The molecule has 0 spiro atoms. The van der Waals surface area contributed by atoms with E-state index in [4.69, 9.17) is 9.15 Å². The molecule has 11 nitrogen and oxygen atoms in total. The molecule has 1 aromatic heterocycles. The summed E-state index contributed by atoms with van der Waals surface area (Å²) in [5, 5.41) is 25.5. The Morgan fingerprint density at radius 1 is 1.07 bits per heavy atom. The van der Waals surface area contributed by atoms with Crippen LogP contribution < -0.4 is 10.2 Å². The van der Waals surface area contributed by atoms with Crippen molar-refractivity contribution in [3.63, 3.8) is 0 Å². The zero-order valence-electron chi connectivity index (χ0n) is 15.3. The Bertz CT molecular complexity index is 1120. The van der Waals surface area contributed by atoms with E-state index in [0.717, 1.165) is 0 Å². The molecule has 0 atom stereocenters. The van der Waals surface area contributed by atoms with E-state index in [9.17, 15) is 25.0 Å². The highest BCUT2D eigenvalue weighted by Gasteiger charge is 2.14. The van der Waals surface area contributed by atoms with Crippen molar-refractivity contribution in [3.05, 3.63) is 86.7 Å². The van der Waals surface area contributed by atoms with Gasteiger partial charge in [0.1, 0.15) is 11.5 Å². The summed E-state index contributed by atoms with van der Waals surface area (Å²) >= 11 is 0.